The first-order valence-corrected chi connectivity index (χ1v) is 12.6. The van der Waals surface area contributed by atoms with Gasteiger partial charge < -0.3 is 14.4 Å². The summed E-state index contributed by atoms with van der Waals surface area (Å²) in [5.41, 5.74) is 3.88. The molecule has 3 aliphatic heterocycles. The van der Waals surface area contributed by atoms with Gasteiger partial charge in [-0.1, -0.05) is 25.1 Å². The van der Waals surface area contributed by atoms with Crippen molar-refractivity contribution in [1.29, 1.82) is 0 Å². The molecule has 0 bridgehead atoms. The van der Waals surface area contributed by atoms with Crippen molar-refractivity contribution in [3.63, 3.8) is 0 Å². The molecule has 0 aromatic heterocycles. The zero-order valence-electron chi connectivity index (χ0n) is 21.1. The quantitative estimate of drug-likeness (QED) is 0.625. The van der Waals surface area contributed by atoms with Gasteiger partial charge in [0.05, 0.1) is 19.3 Å². The van der Waals surface area contributed by atoms with Gasteiger partial charge in [-0.2, -0.15) is 0 Å². The second-order valence-electron chi connectivity index (χ2n) is 10.6. The maximum Gasteiger partial charge on any atom is 0.414 e. The molecule has 0 aliphatic carbocycles. The van der Waals surface area contributed by atoms with Crippen molar-refractivity contribution >= 4 is 23.4 Å². The van der Waals surface area contributed by atoms with Crippen molar-refractivity contribution in [3.05, 3.63) is 53.6 Å². The molecule has 5 rings (SSSR count). The lowest BCUT2D eigenvalue weighted by molar-refractivity contribution is -0.121. The Balaban J connectivity index is 1.28. The van der Waals surface area contributed by atoms with Crippen LogP contribution in [0.4, 0.5) is 16.2 Å². The van der Waals surface area contributed by atoms with E-state index in [-0.39, 0.29) is 23.6 Å². The maximum atomic E-state index is 13.7. The Kier molecular flexibility index (Phi) is 6.21. The summed E-state index contributed by atoms with van der Waals surface area (Å²) in [7, 11) is 1.67. The van der Waals surface area contributed by atoms with Gasteiger partial charge in [-0.15, -0.1) is 0 Å². The molecule has 1 atom stereocenters. The largest absolute Gasteiger partial charge is 0.497 e. The van der Waals surface area contributed by atoms with Gasteiger partial charge in [-0.25, -0.2) is 4.79 Å². The van der Waals surface area contributed by atoms with Crippen LogP contribution in [0.1, 0.15) is 57.1 Å². The van der Waals surface area contributed by atoms with E-state index in [1.807, 2.05) is 46.2 Å². The number of anilines is 2. The van der Waals surface area contributed by atoms with Crippen LogP contribution in [0.2, 0.25) is 0 Å². The SMILES string of the molecule is COc1ccc2c(c1)C(C)CC(C)(C)N2C(=O)CN1CCC(N2C(=O)OCc3ccccc32)CC1. The van der Waals surface area contributed by atoms with Crippen LogP contribution >= 0.6 is 0 Å². The highest BCUT2D eigenvalue weighted by Gasteiger charge is 2.41. The minimum atomic E-state index is -0.269. The predicted octanol–water partition coefficient (Wildman–Crippen LogP) is 4.94. The van der Waals surface area contributed by atoms with Gasteiger partial charge in [0.25, 0.3) is 0 Å². The highest BCUT2D eigenvalue weighted by molar-refractivity contribution is 5.97. The van der Waals surface area contributed by atoms with E-state index < -0.39 is 0 Å². The molecule has 7 nitrogen and oxygen atoms in total. The number of amides is 2. The topological polar surface area (TPSA) is 62.3 Å². The lowest BCUT2D eigenvalue weighted by Crippen LogP contribution is -2.56. The smallest absolute Gasteiger partial charge is 0.414 e. The zero-order chi connectivity index (χ0) is 24.7. The monoisotopic (exact) mass is 477 g/mol. The molecular formula is C28H35N3O4. The van der Waals surface area contributed by atoms with Crippen LogP contribution < -0.4 is 14.5 Å². The Labute approximate surface area is 207 Å². The average molecular weight is 478 g/mol. The summed E-state index contributed by atoms with van der Waals surface area (Å²) in [6.45, 7) is 8.76. The number of nitrogens with zero attached hydrogens (tertiary/aromatic N) is 3. The van der Waals surface area contributed by atoms with Gasteiger partial charge in [0.1, 0.15) is 12.4 Å². The normalized spacial score (nSPS) is 22.3. The molecule has 1 saturated heterocycles. The third-order valence-electron chi connectivity index (χ3n) is 7.75. The van der Waals surface area contributed by atoms with Crippen molar-refractivity contribution in [1.82, 2.24) is 4.90 Å². The molecule has 2 aromatic rings. The molecule has 2 amide bonds. The predicted molar refractivity (Wildman–Crippen MR) is 136 cm³/mol. The highest BCUT2D eigenvalue weighted by atomic mass is 16.6. The van der Waals surface area contributed by atoms with Gasteiger partial charge >= 0.3 is 6.09 Å². The minimum Gasteiger partial charge on any atom is -0.497 e. The number of methoxy groups -OCH3 is 1. The Bertz CT molecular complexity index is 1120. The number of carbonyl (C=O) groups excluding carboxylic acids is 2. The first-order valence-electron chi connectivity index (χ1n) is 12.6. The average Bonchev–Trinajstić information content (AvgIpc) is 2.84. The van der Waals surface area contributed by atoms with Crippen LogP contribution in [0.25, 0.3) is 0 Å². The molecule has 1 fully saturated rings. The molecule has 186 valence electrons. The number of fused-ring (bicyclic) bond motifs is 2. The van der Waals surface area contributed by atoms with Crippen LogP contribution in [0, 0.1) is 0 Å². The molecule has 1 unspecified atom stereocenters. The Hall–Kier alpha value is -3.06. The summed E-state index contributed by atoms with van der Waals surface area (Å²) in [6.07, 6.45) is 2.25. The summed E-state index contributed by atoms with van der Waals surface area (Å²) in [5, 5.41) is 0. The molecule has 35 heavy (non-hydrogen) atoms. The first kappa shape index (κ1) is 23.7. The number of cyclic esters (lactones) is 1. The Morgan fingerprint density at radius 2 is 1.86 bits per heavy atom. The summed E-state index contributed by atoms with van der Waals surface area (Å²) in [6, 6.07) is 14.1. The van der Waals surface area contributed by atoms with Gasteiger partial charge in [0, 0.05) is 35.9 Å². The second-order valence-corrected chi connectivity index (χ2v) is 10.6. The van der Waals surface area contributed by atoms with Gasteiger partial charge in [0.2, 0.25) is 5.91 Å². The number of hydrogen-bond donors (Lipinski definition) is 0. The summed E-state index contributed by atoms with van der Waals surface area (Å²) >= 11 is 0. The summed E-state index contributed by atoms with van der Waals surface area (Å²) in [5.74, 6) is 1.29. The van der Waals surface area contributed by atoms with E-state index in [4.69, 9.17) is 9.47 Å². The fraction of sp³-hybridized carbons (Fsp3) is 0.500. The lowest BCUT2D eigenvalue weighted by Gasteiger charge is -2.47. The molecule has 3 heterocycles. The molecule has 0 radical (unpaired) electrons. The number of piperidine rings is 1. The molecule has 0 N–H and O–H groups in total. The Morgan fingerprint density at radius 1 is 1.11 bits per heavy atom. The van der Waals surface area contributed by atoms with Gasteiger partial charge in [-0.05, 0) is 68.9 Å². The third-order valence-corrected chi connectivity index (χ3v) is 7.75. The van der Waals surface area contributed by atoms with Crippen LogP contribution in [0.5, 0.6) is 5.75 Å². The number of ether oxygens (including phenoxy) is 2. The number of likely N-dealkylation sites (tertiary alicyclic amines) is 1. The van der Waals surface area contributed by atoms with E-state index in [0.717, 1.165) is 60.6 Å². The summed E-state index contributed by atoms with van der Waals surface area (Å²) in [4.78, 5) is 32.3. The fourth-order valence-corrected chi connectivity index (χ4v) is 6.13. The number of hydrogen-bond acceptors (Lipinski definition) is 5. The second kappa shape index (κ2) is 9.19. The standard InChI is InChI=1S/C28H35N3O4/c1-19-16-28(2,3)31(25-10-9-22(34-4)15-23(19)25)26(32)17-29-13-11-21(12-14-29)30-24-8-6-5-7-20(24)18-35-27(30)33/h5-10,15,19,21H,11-14,16-18H2,1-4H3. The number of rotatable bonds is 4. The van der Waals surface area contributed by atoms with E-state index in [1.54, 1.807) is 7.11 Å². The van der Waals surface area contributed by atoms with Gasteiger partial charge in [0.15, 0.2) is 0 Å². The molecular weight excluding hydrogens is 442 g/mol. The van der Waals surface area contributed by atoms with E-state index in [0.29, 0.717) is 19.1 Å². The van der Waals surface area contributed by atoms with E-state index in [9.17, 15) is 9.59 Å². The zero-order valence-corrected chi connectivity index (χ0v) is 21.1. The fourth-order valence-electron chi connectivity index (χ4n) is 6.13. The van der Waals surface area contributed by atoms with Crippen molar-refractivity contribution in [2.75, 3.05) is 36.5 Å². The van der Waals surface area contributed by atoms with Crippen LogP contribution in [0.3, 0.4) is 0 Å². The molecule has 2 aromatic carbocycles. The van der Waals surface area contributed by atoms with E-state index in [1.165, 1.54) is 0 Å². The van der Waals surface area contributed by atoms with Crippen molar-refractivity contribution in [3.8, 4) is 5.75 Å². The molecule has 0 saturated carbocycles. The van der Waals surface area contributed by atoms with Crippen LogP contribution in [-0.4, -0.2) is 55.2 Å². The maximum absolute atomic E-state index is 13.7. The van der Waals surface area contributed by atoms with Crippen LogP contribution in [-0.2, 0) is 16.1 Å². The first-order chi connectivity index (χ1) is 16.8. The number of benzene rings is 2. The number of carbonyl (C=O) groups is 2. The van der Waals surface area contributed by atoms with Crippen molar-refractivity contribution < 1.29 is 19.1 Å². The van der Waals surface area contributed by atoms with E-state index >= 15 is 0 Å². The summed E-state index contributed by atoms with van der Waals surface area (Å²) < 4.78 is 10.9. The van der Waals surface area contributed by atoms with Gasteiger partial charge in [-0.3, -0.25) is 14.6 Å². The number of para-hydroxylation sites is 1. The highest BCUT2D eigenvalue weighted by Crippen LogP contribution is 2.44. The molecule has 3 aliphatic rings. The Morgan fingerprint density at radius 3 is 2.60 bits per heavy atom. The van der Waals surface area contributed by atoms with Crippen LogP contribution in [0.15, 0.2) is 42.5 Å². The minimum absolute atomic E-state index is 0.0794. The molecule has 0 spiro atoms. The van der Waals surface area contributed by atoms with E-state index in [2.05, 4.69) is 31.7 Å². The third kappa shape index (κ3) is 4.38. The van der Waals surface area contributed by atoms with Crippen molar-refractivity contribution in [2.45, 2.75) is 64.1 Å². The van der Waals surface area contributed by atoms with Crippen molar-refractivity contribution in [2.24, 2.45) is 0 Å². The molecule has 7 heteroatoms. The lowest BCUT2D eigenvalue weighted by atomic mass is 9.80.